The first kappa shape index (κ1) is 13.3. The zero-order chi connectivity index (χ0) is 13.0. The average molecular weight is 251 g/mol. The number of aromatic nitrogens is 3. The van der Waals surface area contributed by atoms with E-state index >= 15 is 0 Å². The molecule has 18 heavy (non-hydrogen) atoms. The molecule has 1 fully saturated rings. The Balaban J connectivity index is 2.08. The maximum absolute atomic E-state index is 4.14. The molecule has 0 aromatic carbocycles. The van der Waals surface area contributed by atoms with Gasteiger partial charge in [0, 0.05) is 25.2 Å². The summed E-state index contributed by atoms with van der Waals surface area (Å²) in [5.41, 5.74) is 0. The van der Waals surface area contributed by atoms with Crippen molar-refractivity contribution in [1.82, 2.24) is 20.3 Å². The maximum Gasteiger partial charge on any atom is 0.147 e. The van der Waals surface area contributed by atoms with Crippen LogP contribution in [0.25, 0.3) is 0 Å². The van der Waals surface area contributed by atoms with Crippen LogP contribution >= 0.6 is 0 Å². The van der Waals surface area contributed by atoms with Gasteiger partial charge in [0.15, 0.2) is 0 Å². The molecule has 1 saturated heterocycles. The highest BCUT2D eigenvalue weighted by Gasteiger charge is 2.21. The van der Waals surface area contributed by atoms with E-state index in [0.29, 0.717) is 12.1 Å². The Hall–Kier alpha value is -1.10. The molecule has 0 amide bonds. The van der Waals surface area contributed by atoms with Gasteiger partial charge in [0.1, 0.15) is 5.82 Å². The van der Waals surface area contributed by atoms with Gasteiger partial charge in [0.2, 0.25) is 0 Å². The van der Waals surface area contributed by atoms with E-state index in [4.69, 9.17) is 0 Å². The van der Waals surface area contributed by atoms with Crippen molar-refractivity contribution in [2.24, 2.45) is 0 Å². The second-order valence-corrected chi connectivity index (χ2v) is 5.30. The maximum atomic E-state index is 4.14. The molecule has 0 bridgehead atoms. The molecular weight excluding hydrogens is 226 g/mol. The lowest BCUT2D eigenvalue weighted by atomic mass is 10.0. The number of nitrogens with zero attached hydrogens (tertiary/aromatic N) is 4. The summed E-state index contributed by atoms with van der Waals surface area (Å²) in [6.45, 7) is 9.64. The van der Waals surface area contributed by atoms with Crippen LogP contribution in [-0.4, -0.2) is 40.2 Å². The molecule has 0 aliphatic carbocycles. The highest BCUT2D eigenvalue weighted by atomic mass is 15.5. The molecule has 1 N–H and O–H groups in total. The third kappa shape index (κ3) is 3.02. The Morgan fingerprint density at radius 3 is 2.94 bits per heavy atom. The van der Waals surface area contributed by atoms with E-state index in [2.05, 4.69) is 41.3 Å². The van der Waals surface area contributed by atoms with Crippen molar-refractivity contribution in [3.05, 3.63) is 6.20 Å². The van der Waals surface area contributed by atoms with Crippen molar-refractivity contribution >= 4 is 5.82 Å². The number of hydrogen-bond donors (Lipinski definition) is 1. The molecule has 1 aliphatic rings. The van der Waals surface area contributed by atoms with E-state index in [1.165, 1.54) is 19.3 Å². The lowest BCUT2D eigenvalue weighted by Gasteiger charge is -2.34. The van der Waals surface area contributed by atoms with Crippen molar-refractivity contribution < 1.29 is 0 Å². The van der Waals surface area contributed by atoms with Gasteiger partial charge in [-0.25, -0.2) is 4.68 Å². The minimum absolute atomic E-state index is 0.470. The fraction of sp³-hybridized carbons (Fsp3) is 0.846. The molecule has 0 radical (unpaired) electrons. The van der Waals surface area contributed by atoms with Gasteiger partial charge in [-0.05, 0) is 40.2 Å². The minimum Gasteiger partial charge on any atom is -0.351 e. The van der Waals surface area contributed by atoms with E-state index in [0.717, 1.165) is 25.5 Å². The summed E-state index contributed by atoms with van der Waals surface area (Å²) < 4.78 is 1.98. The highest BCUT2D eigenvalue weighted by Crippen LogP contribution is 2.18. The SMILES string of the molecule is CCn1nncc1N(CC1CCCCN1)C(C)C. The molecule has 1 aromatic rings. The Morgan fingerprint density at radius 2 is 2.33 bits per heavy atom. The van der Waals surface area contributed by atoms with Crippen LogP contribution in [0.4, 0.5) is 5.82 Å². The first-order valence-corrected chi connectivity index (χ1v) is 7.11. The summed E-state index contributed by atoms with van der Waals surface area (Å²) >= 11 is 0. The molecule has 5 heteroatoms. The molecule has 1 aliphatic heterocycles. The standard InChI is InChI=1S/C13H25N5/c1-4-18-13(9-15-16-18)17(11(2)3)10-12-7-5-6-8-14-12/h9,11-12,14H,4-8,10H2,1-3H3. The van der Waals surface area contributed by atoms with Gasteiger partial charge >= 0.3 is 0 Å². The average Bonchev–Trinajstić information content (AvgIpc) is 2.84. The molecule has 1 unspecified atom stereocenters. The van der Waals surface area contributed by atoms with Crippen molar-refractivity contribution in [3.63, 3.8) is 0 Å². The quantitative estimate of drug-likeness (QED) is 0.864. The molecule has 2 heterocycles. The van der Waals surface area contributed by atoms with Crippen LogP contribution in [0.15, 0.2) is 6.20 Å². The summed E-state index contributed by atoms with van der Waals surface area (Å²) in [6.07, 6.45) is 5.81. The smallest absolute Gasteiger partial charge is 0.147 e. The van der Waals surface area contributed by atoms with Gasteiger partial charge in [-0.2, -0.15) is 0 Å². The summed E-state index contributed by atoms with van der Waals surface area (Å²) in [6, 6.07) is 1.07. The second-order valence-electron chi connectivity index (χ2n) is 5.30. The van der Waals surface area contributed by atoms with Crippen LogP contribution in [0.2, 0.25) is 0 Å². The molecule has 1 atom stereocenters. The minimum atomic E-state index is 0.470. The first-order chi connectivity index (χ1) is 8.72. The lowest BCUT2D eigenvalue weighted by molar-refractivity contribution is 0.390. The predicted octanol–water partition coefficient (Wildman–Crippen LogP) is 1.65. The van der Waals surface area contributed by atoms with Gasteiger partial charge in [0.05, 0.1) is 6.20 Å². The fourth-order valence-electron chi connectivity index (χ4n) is 2.59. The molecule has 2 rings (SSSR count). The highest BCUT2D eigenvalue weighted by molar-refractivity contribution is 5.37. The topological polar surface area (TPSA) is 46.0 Å². The number of piperidine rings is 1. The van der Waals surface area contributed by atoms with E-state index in [1.807, 2.05) is 10.9 Å². The fourth-order valence-corrected chi connectivity index (χ4v) is 2.59. The summed E-state index contributed by atoms with van der Waals surface area (Å²) in [4.78, 5) is 2.41. The van der Waals surface area contributed by atoms with E-state index in [-0.39, 0.29) is 0 Å². The number of nitrogens with one attached hydrogen (secondary N) is 1. The van der Waals surface area contributed by atoms with Gasteiger partial charge in [-0.15, -0.1) is 5.10 Å². The third-order valence-corrected chi connectivity index (χ3v) is 3.64. The number of hydrogen-bond acceptors (Lipinski definition) is 4. The summed E-state index contributed by atoms with van der Waals surface area (Å²) in [7, 11) is 0. The number of rotatable bonds is 5. The molecule has 1 aromatic heterocycles. The predicted molar refractivity (Wildman–Crippen MR) is 73.8 cm³/mol. The van der Waals surface area contributed by atoms with Crippen molar-refractivity contribution in [2.45, 2.75) is 58.7 Å². The Bertz CT molecular complexity index is 354. The molecule has 0 spiro atoms. The van der Waals surface area contributed by atoms with Crippen molar-refractivity contribution in [1.29, 1.82) is 0 Å². The van der Waals surface area contributed by atoms with Crippen LogP contribution in [0.5, 0.6) is 0 Å². The Kier molecular flexibility index (Phi) is 4.58. The zero-order valence-corrected chi connectivity index (χ0v) is 11.8. The van der Waals surface area contributed by atoms with Gasteiger partial charge < -0.3 is 10.2 Å². The first-order valence-electron chi connectivity index (χ1n) is 7.11. The van der Waals surface area contributed by atoms with Crippen LogP contribution in [0, 0.1) is 0 Å². The number of anilines is 1. The van der Waals surface area contributed by atoms with Gasteiger partial charge in [-0.1, -0.05) is 11.6 Å². The van der Waals surface area contributed by atoms with Gasteiger partial charge in [-0.3, -0.25) is 0 Å². The summed E-state index contributed by atoms with van der Waals surface area (Å²) in [5.74, 6) is 1.14. The normalized spacial score (nSPS) is 20.3. The van der Waals surface area contributed by atoms with Crippen molar-refractivity contribution in [2.75, 3.05) is 18.0 Å². The molecular formula is C13H25N5. The lowest BCUT2D eigenvalue weighted by Crippen LogP contribution is -2.46. The van der Waals surface area contributed by atoms with E-state index in [1.54, 1.807) is 0 Å². The van der Waals surface area contributed by atoms with Crippen LogP contribution < -0.4 is 10.2 Å². The zero-order valence-electron chi connectivity index (χ0n) is 11.8. The monoisotopic (exact) mass is 251 g/mol. The molecule has 0 saturated carbocycles. The van der Waals surface area contributed by atoms with E-state index in [9.17, 15) is 0 Å². The van der Waals surface area contributed by atoms with Crippen LogP contribution in [0.3, 0.4) is 0 Å². The molecule has 5 nitrogen and oxygen atoms in total. The van der Waals surface area contributed by atoms with E-state index < -0.39 is 0 Å². The Morgan fingerprint density at radius 1 is 1.50 bits per heavy atom. The van der Waals surface area contributed by atoms with Crippen LogP contribution in [0.1, 0.15) is 40.0 Å². The Labute approximate surface area is 110 Å². The van der Waals surface area contributed by atoms with Crippen molar-refractivity contribution in [3.8, 4) is 0 Å². The summed E-state index contributed by atoms with van der Waals surface area (Å²) in [5, 5.41) is 11.8. The largest absolute Gasteiger partial charge is 0.351 e. The van der Waals surface area contributed by atoms with Crippen LogP contribution in [-0.2, 0) is 6.54 Å². The number of aryl methyl sites for hydroxylation is 1. The second kappa shape index (κ2) is 6.18. The van der Waals surface area contributed by atoms with Gasteiger partial charge in [0.25, 0.3) is 0 Å². The molecule has 102 valence electrons. The third-order valence-electron chi connectivity index (χ3n) is 3.64.